The predicted octanol–water partition coefficient (Wildman–Crippen LogP) is 1.66. The van der Waals surface area contributed by atoms with Crippen LogP contribution in [-0.2, 0) is 9.05 Å². The lowest BCUT2D eigenvalue weighted by atomic mass is 10.3. The maximum Gasteiger partial charge on any atom is 0.284 e. The zero-order valence-electron chi connectivity index (χ0n) is 7.82. The Morgan fingerprint density at radius 2 is 2.12 bits per heavy atom. The number of aromatic hydroxyl groups is 1. The molecule has 0 aromatic carbocycles. The molecule has 9 heteroatoms. The van der Waals surface area contributed by atoms with Crippen LogP contribution in [0.2, 0.25) is 0 Å². The SMILES string of the molecule is COc1cc(O)c(C(F)F)nc1S(=O)(=O)Cl. The summed E-state index contributed by atoms with van der Waals surface area (Å²) >= 11 is 0. The third kappa shape index (κ3) is 2.50. The van der Waals surface area contributed by atoms with Crippen LogP contribution >= 0.6 is 10.7 Å². The minimum Gasteiger partial charge on any atom is -0.506 e. The molecule has 0 fully saturated rings. The van der Waals surface area contributed by atoms with Crippen molar-refractivity contribution in [1.82, 2.24) is 4.98 Å². The highest BCUT2D eigenvalue weighted by Crippen LogP contribution is 2.34. The number of pyridine rings is 1. The summed E-state index contributed by atoms with van der Waals surface area (Å²) in [4.78, 5) is 3.07. The third-order valence-electron chi connectivity index (χ3n) is 1.62. The highest BCUT2D eigenvalue weighted by atomic mass is 35.7. The van der Waals surface area contributed by atoms with Crippen LogP contribution in [-0.4, -0.2) is 25.6 Å². The number of nitrogens with zero attached hydrogens (tertiary/aromatic N) is 1. The second-order valence-electron chi connectivity index (χ2n) is 2.64. The molecule has 90 valence electrons. The van der Waals surface area contributed by atoms with Gasteiger partial charge < -0.3 is 9.84 Å². The quantitative estimate of drug-likeness (QED) is 0.848. The Bertz CT molecular complexity index is 505. The summed E-state index contributed by atoms with van der Waals surface area (Å²) in [5, 5.41) is 8.27. The second-order valence-corrected chi connectivity index (χ2v) is 5.12. The zero-order chi connectivity index (χ0) is 12.5. The molecule has 0 spiro atoms. The maximum absolute atomic E-state index is 12.3. The van der Waals surface area contributed by atoms with Gasteiger partial charge in [-0.15, -0.1) is 0 Å². The Morgan fingerprint density at radius 3 is 2.50 bits per heavy atom. The minimum atomic E-state index is -4.33. The standard InChI is InChI=1S/C7H6ClF2NO4S/c1-15-4-2-3(12)5(6(9)10)11-7(4)16(8,13)14/h2,6,12H,1H3. The predicted molar refractivity (Wildman–Crippen MR) is 50.4 cm³/mol. The highest BCUT2D eigenvalue weighted by Gasteiger charge is 2.25. The van der Waals surface area contributed by atoms with Crippen molar-refractivity contribution in [3.63, 3.8) is 0 Å². The van der Waals surface area contributed by atoms with Crippen LogP contribution in [0.4, 0.5) is 8.78 Å². The maximum atomic E-state index is 12.3. The first-order valence-electron chi connectivity index (χ1n) is 3.78. The van der Waals surface area contributed by atoms with Gasteiger partial charge in [0.05, 0.1) is 7.11 Å². The van der Waals surface area contributed by atoms with Crippen molar-refractivity contribution in [1.29, 1.82) is 0 Å². The molecular formula is C7H6ClF2NO4S. The van der Waals surface area contributed by atoms with Crippen molar-refractivity contribution < 1.29 is 27.0 Å². The lowest BCUT2D eigenvalue weighted by Gasteiger charge is -2.08. The van der Waals surface area contributed by atoms with Gasteiger partial charge in [0.1, 0.15) is 11.4 Å². The normalized spacial score (nSPS) is 11.8. The molecule has 0 unspecified atom stereocenters. The van der Waals surface area contributed by atoms with Crippen LogP contribution in [0, 0.1) is 0 Å². The van der Waals surface area contributed by atoms with Crippen LogP contribution in [0.15, 0.2) is 11.1 Å². The molecule has 1 aromatic rings. The monoisotopic (exact) mass is 273 g/mol. The van der Waals surface area contributed by atoms with E-state index in [1.54, 1.807) is 0 Å². The molecular weight excluding hydrogens is 268 g/mol. The summed E-state index contributed by atoms with van der Waals surface area (Å²) in [7, 11) is 1.74. The Hall–Kier alpha value is -1.15. The van der Waals surface area contributed by atoms with E-state index in [4.69, 9.17) is 15.8 Å². The first-order chi connectivity index (χ1) is 7.27. The van der Waals surface area contributed by atoms with E-state index >= 15 is 0 Å². The molecule has 0 aliphatic heterocycles. The lowest BCUT2D eigenvalue weighted by molar-refractivity contribution is 0.140. The number of rotatable bonds is 3. The van der Waals surface area contributed by atoms with E-state index < -0.39 is 37.7 Å². The summed E-state index contributed by atoms with van der Waals surface area (Å²) in [6, 6.07) is 0.712. The molecule has 0 aliphatic rings. The number of hydrogen-bond donors (Lipinski definition) is 1. The first kappa shape index (κ1) is 12.9. The molecule has 1 aromatic heterocycles. The molecule has 16 heavy (non-hydrogen) atoms. The fourth-order valence-corrected chi connectivity index (χ4v) is 1.88. The Morgan fingerprint density at radius 1 is 1.56 bits per heavy atom. The first-order valence-corrected chi connectivity index (χ1v) is 6.09. The van der Waals surface area contributed by atoms with Crippen LogP contribution in [0.5, 0.6) is 11.5 Å². The van der Waals surface area contributed by atoms with E-state index in [1.165, 1.54) is 0 Å². The summed E-state index contributed by atoms with van der Waals surface area (Å²) in [6.45, 7) is 0. The molecule has 0 amide bonds. The zero-order valence-corrected chi connectivity index (χ0v) is 9.39. The van der Waals surface area contributed by atoms with Gasteiger partial charge in [-0.05, 0) is 0 Å². The van der Waals surface area contributed by atoms with Crippen molar-refractivity contribution in [3.05, 3.63) is 11.8 Å². The van der Waals surface area contributed by atoms with Crippen molar-refractivity contribution >= 4 is 19.7 Å². The fraction of sp³-hybridized carbons (Fsp3) is 0.286. The van der Waals surface area contributed by atoms with Gasteiger partial charge in [0, 0.05) is 16.7 Å². The van der Waals surface area contributed by atoms with Crippen LogP contribution in [0.3, 0.4) is 0 Å². The average molecular weight is 274 g/mol. The average Bonchev–Trinajstić information content (AvgIpc) is 2.14. The smallest absolute Gasteiger partial charge is 0.284 e. The van der Waals surface area contributed by atoms with Gasteiger partial charge >= 0.3 is 0 Å². The third-order valence-corrected chi connectivity index (χ3v) is 2.81. The van der Waals surface area contributed by atoms with E-state index in [0.717, 1.165) is 7.11 Å². The summed E-state index contributed by atoms with van der Waals surface area (Å²) in [6.07, 6.45) is -3.12. The van der Waals surface area contributed by atoms with E-state index in [9.17, 15) is 17.2 Å². The van der Waals surface area contributed by atoms with Gasteiger partial charge in [0.2, 0.25) is 5.03 Å². The van der Waals surface area contributed by atoms with Crippen LogP contribution in [0.1, 0.15) is 12.1 Å². The van der Waals surface area contributed by atoms with Gasteiger partial charge in [-0.3, -0.25) is 0 Å². The van der Waals surface area contributed by atoms with Gasteiger partial charge in [-0.2, -0.15) is 0 Å². The summed E-state index contributed by atoms with van der Waals surface area (Å²) in [5.41, 5.74) is -1.07. The molecule has 1 N–H and O–H groups in total. The van der Waals surface area contributed by atoms with Gasteiger partial charge in [-0.25, -0.2) is 22.2 Å². The van der Waals surface area contributed by atoms with Crippen LogP contribution < -0.4 is 4.74 Å². The molecule has 1 heterocycles. The molecule has 0 saturated carbocycles. The van der Waals surface area contributed by atoms with Gasteiger partial charge in [0.25, 0.3) is 15.5 Å². The van der Waals surface area contributed by atoms with E-state index in [0.29, 0.717) is 6.07 Å². The highest BCUT2D eigenvalue weighted by molar-refractivity contribution is 8.13. The number of halogens is 3. The molecule has 1 rings (SSSR count). The Kier molecular flexibility index (Phi) is 3.54. The number of alkyl halides is 2. The number of ether oxygens (including phenoxy) is 1. The van der Waals surface area contributed by atoms with E-state index in [2.05, 4.69) is 9.72 Å². The Balaban J connectivity index is 3.53. The van der Waals surface area contributed by atoms with Gasteiger partial charge in [0.15, 0.2) is 5.75 Å². The lowest BCUT2D eigenvalue weighted by Crippen LogP contribution is -2.03. The second kappa shape index (κ2) is 4.38. The topological polar surface area (TPSA) is 76.5 Å². The van der Waals surface area contributed by atoms with Crippen molar-refractivity contribution in [2.75, 3.05) is 7.11 Å². The molecule has 5 nitrogen and oxygen atoms in total. The van der Waals surface area contributed by atoms with Gasteiger partial charge in [-0.1, -0.05) is 0 Å². The summed E-state index contributed by atoms with van der Waals surface area (Å²) in [5.74, 6) is -1.27. The molecule has 0 radical (unpaired) electrons. The Labute approximate surface area is 94.1 Å². The molecule has 0 saturated heterocycles. The van der Waals surface area contributed by atoms with E-state index in [1.807, 2.05) is 0 Å². The van der Waals surface area contributed by atoms with Crippen molar-refractivity contribution in [2.24, 2.45) is 0 Å². The largest absolute Gasteiger partial charge is 0.506 e. The minimum absolute atomic E-state index is 0.406. The number of aromatic nitrogens is 1. The fourth-order valence-electron chi connectivity index (χ4n) is 0.963. The van der Waals surface area contributed by atoms with E-state index in [-0.39, 0.29) is 0 Å². The summed E-state index contributed by atoms with van der Waals surface area (Å²) < 4.78 is 51.2. The van der Waals surface area contributed by atoms with Crippen molar-refractivity contribution in [3.8, 4) is 11.5 Å². The molecule has 0 aliphatic carbocycles. The van der Waals surface area contributed by atoms with Crippen molar-refractivity contribution in [2.45, 2.75) is 11.5 Å². The molecule has 0 atom stereocenters. The number of hydrogen-bond acceptors (Lipinski definition) is 5. The van der Waals surface area contributed by atoms with Crippen LogP contribution in [0.25, 0.3) is 0 Å². The molecule has 0 bridgehead atoms. The number of methoxy groups -OCH3 is 1.